The van der Waals surface area contributed by atoms with Crippen LogP contribution in [0.1, 0.15) is 11.1 Å². The third kappa shape index (κ3) is 1.48. The zero-order valence-electron chi connectivity index (χ0n) is 7.40. The molecule has 1 aliphatic carbocycles. The predicted octanol–water partition coefficient (Wildman–Crippen LogP) is 2.47. The van der Waals surface area contributed by atoms with Gasteiger partial charge in [0.1, 0.15) is 4.32 Å². The molecule has 3 heteroatoms. The number of carboxylic acid groups (broad SMARTS) is 1. The molecule has 1 unspecified atom stereocenters. The summed E-state index contributed by atoms with van der Waals surface area (Å²) in [6.07, 6.45) is 4.04. The molecule has 1 aromatic carbocycles. The monoisotopic (exact) mass is 252 g/mol. The standard InChI is InChI=1S/C11H9BrO2/c12-11(10(13)14)6-5-8-3-1-2-4-9(8)7-11/h1-6H,7H2,(H,13,14). The summed E-state index contributed by atoms with van der Waals surface area (Å²) in [5.41, 5.74) is 2.16. The molecule has 1 atom stereocenters. The second-order valence-corrected chi connectivity index (χ2v) is 4.79. The molecule has 1 aromatic rings. The smallest absolute Gasteiger partial charge is 0.324 e. The maximum Gasteiger partial charge on any atom is 0.324 e. The molecule has 0 saturated carbocycles. The van der Waals surface area contributed by atoms with Gasteiger partial charge >= 0.3 is 5.97 Å². The molecule has 72 valence electrons. The predicted molar refractivity (Wildman–Crippen MR) is 58.5 cm³/mol. The van der Waals surface area contributed by atoms with Crippen molar-refractivity contribution in [1.82, 2.24) is 0 Å². The second kappa shape index (κ2) is 3.24. The van der Waals surface area contributed by atoms with Gasteiger partial charge in [-0.15, -0.1) is 0 Å². The lowest BCUT2D eigenvalue weighted by Gasteiger charge is -2.23. The largest absolute Gasteiger partial charge is 0.480 e. The highest BCUT2D eigenvalue weighted by Crippen LogP contribution is 2.32. The quantitative estimate of drug-likeness (QED) is 0.780. The van der Waals surface area contributed by atoms with Crippen molar-refractivity contribution in [2.24, 2.45) is 0 Å². The number of halogens is 1. The molecule has 2 rings (SSSR count). The first-order chi connectivity index (χ1) is 6.62. The molecule has 0 aliphatic heterocycles. The maximum absolute atomic E-state index is 11.0. The Morgan fingerprint density at radius 3 is 2.86 bits per heavy atom. The molecule has 0 saturated heterocycles. The van der Waals surface area contributed by atoms with Crippen LogP contribution in [0.5, 0.6) is 0 Å². The fourth-order valence-corrected chi connectivity index (χ4v) is 2.00. The van der Waals surface area contributed by atoms with Crippen molar-refractivity contribution in [3.63, 3.8) is 0 Å². The number of carbonyl (C=O) groups is 1. The molecule has 0 fully saturated rings. The van der Waals surface area contributed by atoms with Crippen LogP contribution >= 0.6 is 15.9 Å². The lowest BCUT2D eigenvalue weighted by Crippen LogP contribution is -2.33. The van der Waals surface area contributed by atoms with Gasteiger partial charge < -0.3 is 5.11 Å². The van der Waals surface area contributed by atoms with Crippen molar-refractivity contribution in [1.29, 1.82) is 0 Å². The summed E-state index contributed by atoms with van der Waals surface area (Å²) < 4.78 is -0.929. The molecule has 0 aromatic heterocycles. The van der Waals surface area contributed by atoms with E-state index in [1.807, 2.05) is 30.3 Å². The Morgan fingerprint density at radius 1 is 1.43 bits per heavy atom. The Kier molecular flexibility index (Phi) is 2.19. The van der Waals surface area contributed by atoms with E-state index in [1.165, 1.54) is 0 Å². The molecule has 2 nitrogen and oxygen atoms in total. The average Bonchev–Trinajstić information content (AvgIpc) is 2.17. The fraction of sp³-hybridized carbons (Fsp3) is 0.182. The van der Waals surface area contributed by atoms with E-state index in [2.05, 4.69) is 15.9 Å². The van der Waals surface area contributed by atoms with E-state index in [9.17, 15) is 4.79 Å². The molecule has 0 radical (unpaired) electrons. The minimum absolute atomic E-state index is 0.495. The van der Waals surface area contributed by atoms with Crippen molar-refractivity contribution < 1.29 is 9.90 Å². The van der Waals surface area contributed by atoms with Gasteiger partial charge in [-0.1, -0.05) is 52.3 Å². The molecular formula is C11H9BrO2. The molecular weight excluding hydrogens is 244 g/mol. The van der Waals surface area contributed by atoms with Crippen LogP contribution in [0.4, 0.5) is 0 Å². The van der Waals surface area contributed by atoms with Crippen molar-refractivity contribution in [2.75, 3.05) is 0 Å². The zero-order valence-corrected chi connectivity index (χ0v) is 8.99. The van der Waals surface area contributed by atoms with Crippen LogP contribution in [0.2, 0.25) is 0 Å². The summed E-state index contributed by atoms with van der Waals surface area (Å²) in [5.74, 6) is -0.844. The van der Waals surface area contributed by atoms with Crippen LogP contribution in [0.25, 0.3) is 6.08 Å². The highest BCUT2D eigenvalue weighted by atomic mass is 79.9. The molecule has 0 amide bonds. The van der Waals surface area contributed by atoms with Gasteiger partial charge in [-0.05, 0) is 11.1 Å². The van der Waals surface area contributed by atoms with Gasteiger partial charge in [0.2, 0.25) is 0 Å². The number of aliphatic carboxylic acids is 1. The SMILES string of the molecule is O=C(O)C1(Br)C=Cc2ccccc2C1. The Bertz CT molecular complexity index is 412. The summed E-state index contributed by atoms with van der Waals surface area (Å²) in [6.45, 7) is 0. The van der Waals surface area contributed by atoms with Crippen LogP contribution in [0.3, 0.4) is 0 Å². The number of fused-ring (bicyclic) bond motifs is 1. The van der Waals surface area contributed by atoms with Crippen LogP contribution in [0.15, 0.2) is 30.3 Å². The molecule has 0 spiro atoms. The third-order valence-electron chi connectivity index (χ3n) is 2.39. The van der Waals surface area contributed by atoms with Crippen LogP contribution in [-0.4, -0.2) is 15.4 Å². The Balaban J connectivity index is 2.43. The normalized spacial score (nSPS) is 24.4. The van der Waals surface area contributed by atoms with Crippen molar-refractivity contribution >= 4 is 28.0 Å². The van der Waals surface area contributed by atoms with Gasteiger partial charge in [0.25, 0.3) is 0 Å². The summed E-state index contributed by atoms with van der Waals surface area (Å²) in [7, 11) is 0. The van der Waals surface area contributed by atoms with Gasteiger partial charge in [0, 0.05) is 6.42 Å². The van der Waals surface area contributed by atoms with Crippen molar-refractivity contribution in [3.05, 3.63) is 41.5 Å². The van der Waals surface area contributed by atoms with E-state index in [0.29, 0.717) is 6.42 Å². The highest BCUT2D eigenvalue weighted by molar-refractivity contribution is 9.10. The topological polar surface area (TPSA) is 37.3 Å². The molecule has 0 heterocycles. The van der Waals surface area contributed by atoms with Gasteiger partial charge in [0.15, 0.2) is 0 Å². The van der Waals surface area contributed by atoms with E-state index in [-0.39, 0.29) is 0 Å². The van der Waals surface area contributed by atoms with Crippen LogP contribution in [0, 0.1) is 0 Å². The summed E-state index contributed by atoms with van der Waals surface area (Å²) in [5, 5.41) is 9.02. The van der Waals surface area contributed by atoms with E-state index >= 15 is 0 Å². The van der Waals surface area contributed by atoms with Crippen LogP contribution in [-0.2, 0) is 11.2 Å². The van der Waals surface area contributed by atoms with E-state index in [4.69, 9.17) is 5.11 Å². The van der Waals surface area contributed by atoms with E-state index in [1.54, 1.807) is 6.08 Å². The summed E-state index contributed by atoms with van der Waals surface area (Å²) in [6, 6.07) is 7.82. The Morgan fingerprint density at radius 2 is 2.14 bits per heavy atom. The van der Waals surface area contributed by atoms with Gasteiger partial charge in [-0.3, -0.25) is 4.79 Å². The second-order valence-electron chi connectivity index (χ2n) is 3.38. The van der Waals surface area contributed by atoms with Crippen molar-refractivity contribution in [3.8, 4) is 0 Å². The van der Waals surface area contributed by atoms with E-state index < -0.39 is 10.3 Å². The van der Waals surface area contributed by atoms with Crippen molar-refractivity contribution in [2.45, 2.75) is 10.7 Å². The third-order valence-corrected chi connectivity index (χ3v) is 3.27. The van der Waals surface area contributed by atoms with Crippen LogP contribution < -0.4 is 0 Å². The minimum Gasteiger partial charge on any atom is -0.480 e. The summed E-state index contributed by atoms with van der Waals surface area (Å²) in [4.78, 5) is 11.0. The first-order valence-corrected chi connectivity index (χ1v) is 5.10. The number of carboxylic acids is 1. The maximum atomic E-state index is 11.0. The first kappa shape index (κ1) is 9.46. The van der Waals surface area contributed by atoms with E-state index in [0.717, 1.165) is 11.1 Å². The summed E-state index contributed by atoms with van der Waals surface area (Å²) >= 11 is 3.24. The number of alkyl halides is 1. The lowest BCUT2D eigenvalue weighted by atomic mass is 9.89. The number of rotatable bonds is 1. The molecule has 14 heavy (non-hydrogen) atoms. The fourth-order valence-electron chi connectivity index (χ4n) is 1.56. The Hall–Kier alpha value is -1.09. The molecule has 0 bridgehead atoms. The molecule has 1 N–H and O–H groups in total. The number of hydrogen-bond acceptors (Lipinski definition) is 1. The van der Waals surface area contributed by atoms with Gasteiger partial charge in [-0.25, -0.2) is 0 Å². The van der Waals surface area contributed by atoms with Gasteiger partial charge in [0.05, 0.1) is 0 Å². The zero-order chi connectivity index (χ0) is 10.2. The Labute approximate surface area is 90.4 Å². The average molecular weight is 253 g/mol. The van der Waals surface area contributed by atoms with Gasteiger partial charge in [-0.2, -0.15) is 0 Å². The number of benzene rings is 1. The minimum atomic E-state index is -0.929. The number of hydrogen-bond donors (Lipinski definition) is 1. The molecule has 1 aliphatic rings. The first-order valence-electron chi connectivity index (χ1n) is 4.31. The lowest BCUT2D eigenvalue weighted by molar-refractivity contribution is -0.138. The highest BCUT2D eigenvalue weighted by Gasteiger charge is 2.35.